The van der Waals surface area contributed by atoms with E-state index in [1.165, 1.54) is 10.9 Å². The van der Waals surface area contributed by atoms with E-state index in [9.17, 15) is 29.5 Å². The molecule has 0 radical (unpaired) electrons. The number of pyridine rings is 1. The first-order chi connectivity index (χ1) is 16.4. The summed E-state index contributed by atoms with van der Waals surface area (Å²) in [6.45, 7) is 0.806. The minimum absolute atomic E-state index is 0.0519. The van der Waals surface area contributed by atoms with Gasteiger partial charge in [0.15, 0.2) is 22.9 Å². The molecule has 2 saturated heterocycles. The van der Waals surface area contributed by atoms with Crippen molar-refractivity contribution in [1.82, 2.24) is 14.5 Å². The summed E-state index contributed by atoms with van der Waals surface area (Å²) in [5, 5.41) is 30.7. The number of hydrogen-bond donors (Lipinski definition) is 5. The molecule has 3 aliphatic rings. The summed E-state index contributed by atoms with van der Waals surface area (Å²) >= 11 is 6.32. The van der Waals surface area contributed by atoms with Crippen molar-refractivity contribution in [3.8, 4) is 6.07 Å². The third-order valence-electron chi connectivity index (χ3n) is 6.46. The number of ether oxygens (including phenoxy) is 1. The number of rotatable bonds is 7. The summed E-state index contributed by atoms with van der Waals surface area (Å²) in [5.41, 5.74) is 1.31. The number of piperidine rings is 1. The molecule has 5 rings (SSSR count). The summed E-state index contributed by atoms with van der Waals surface area (Å²) in [6.07, 6.45) is -3.16. The number of hydrogen-bond acceptors (Lipinski definition) is 10. The van der Waals surface area contributed by atoms with Crippen LogP contribution in [0.1, 0.15) is 18.2 Å². The van der Waals surface area contributed by atoms with Crippen molar-refractivity contribution in [1.29, 1.82) is 5.26 Å². The van der Waals surface area contributed by atoms with Crippen molar-refractivity contribution >= 4 is 43.6 Å². The second-order valence-electron chi connectivity index (χ2n) is 9.01. The highest BCUT2D eigenvalue weighted by Gasteiger charge is 2.48. The first kappa shape index (κ1) is 25.0. The maximum atomic E-state index is 11.9. The van der Waals surface area contributed by atoms with Gasteiger partial charge in [-0.1, -0.05) is 11.6 Å². The van der Waals surface area contributed by atoms with E-state index in [1.54, 1.807) is 0 Å². The summed E-state index contributed by atoms with van der Waals surface area (Å²) in [6, 6.07) is 2.08. The lowest BCUT2D eigenvalue weighted by molar-refractivity contribution is -0.0483. The Morgan fingerprint density at radius 2 is 1.91 bits per heavy atom. The zero-order valence-corrected chi connectivity index (χ0v) is 20.5. The van der Waals surface area contributed by atoms with E-state index in [0.29, 0.717) is 23.0 Å². The summed E-state index contributed by atoms with van der Waals surface area (Å²) in [7, 11) is -9.52. The van der Waals surface area contributed by atoms with Gasteiger partial charge >= 0.3 is 15.2 Å². The van der Waals surface area contributed by atoms with Crippen LogP contribution in [0.2, 0.25) is 5.15 Å². The first-order valence-electron chi connectivity index (χ1n) is 10.6. The Balaban J connectivity index is 1.41. The molecule has 2 aliphatic heterocycles. The topological polar surface area (TPSA) is 211 Å². The average molecular weight is 550 g/mol. The Morgan fingerprint density at radius 1 is 1.23 bits per heavy atom. The van der Waals surface area contributed by atoms with E-state index in [0.717, 1.165) is 19.5 Å². The van der Waals surface area contributed by atoms with Crippen LogP contribution in [0.25, 0.3) is 11.2 Å². The highest BCUT2D eigenvalue weighted by Crippen LogP contribution is 2.55. The predicted molar refractivity (Wildman–Crippen MR) is 120 cm³/mol. The third kappa shape index (κ3) is 4.74. The van der Waals surface area contributed by atoms with Gasteiger partial charge in [-0.3, -0.25) is 13.7 Å². The summed E-state index contributed by atoms with van der Waals surface area (Å²) in [4.78, 5) is 38.2. The van der Waals surface area contributed by atoms with Crippen molar-refractivity contribution in [2.24, 2.45) is 11.8 Å². The molecule has 17 heteroatoms. The molecular formula is C18H22ClN5O9P2. The molecule has 7 atom stereocenters. The van der Waals surface area contributed by atoms with E-state index >= 15 is 0 Å². The van der Waals surface area contributed by atoms with Gasteiger partial charge in [-0.15, -0.1) is 0 Å². The van der Waals surface area contributed by atoms with Gasteiger partial charge in [-0.05, 0) is 18.3 Å². The average Bonchev–Trinajstić information content (AvgIpc) is 3.05. The number of fused-ring (bicyclic) bond motifs is 2. The second kappa shape index (κ2) is 8.75. The fourth-order valence-electron chi connectivity index (χ4n) is 4.73. The molecule has 0 aromatic carbocycles. The molecule has 3 fully saturated rings. The number of aliphatic hydroxyl groups excluding tert-OH is 2. The summed E-state index contributed by atoms with van der Waals surface area (Å²) in [5.74, 6) is -0.268. The lowest BCUT2D eigenvalue weighted by Crippen LogP contribution is -2.33. The largest absolute Gasteiger partial charge is 0.387 e. The van der Waals surface area contributed by atoms with Gasteiger partial charge in [0, 0.05) is 13.1 Å². The quantitative estimate of drug-likeness (QED) is 0.233. The minimum Gasteiger partial charge on any atom is -0.387 e. The Hall–Kier alpha value is -1.62. The Kier molecular flexibility index (Phi) is 6.26. The van der Waals surface area contributed by atoms with E-state index < -0.39 is 52.2 Å². The fourth-order valence-corrected chi connectivity index (χ4v) is 7.51. The maximum Gasteiger partial charge on any atom is 0.340 e. The molecule has 190 valence electrons. The van der Waals surface area contributed by atoms with Crippen molar-refractivity contribution in [2.75, 3.05) is 30.5 Å². The maximum absolute atomic E-state index is 11.9. The summed E-state index contributed by atoms with van der Waals surface area (Å²) < 4.78 is 34.7. The molecule has 1 aliphatic carbocycles. The van der Waals surface area contributed by atoms with Crippen LogP contribution in [0.15, 0.2) is 6.33 Å². The number of imidazole rings is 1. The van der Waals surface area contributed by atoms with Gasteiger partial charge in [-0.25, -0.2) is 9.97 Å². The zero-order valence-electron chi connectivity index (χ0n) is 18.0. The SMILES string of the molecule is N#Cc1c(Cl)nc2c(ncn2[C@@H]2O[C@H](COP(=O)(O)CP(=O)(O)O)[C@@H](O)[C@H]2O)c1N1CC2CC2C1. The number of anilines is 1. The van der Waals surface area contributed by atoms with Crippen molar-refractivity contribution < 1.29 is 43.3 Å². The van der Waals surface area contributed by atoms with Crippen LogP contribution in [-0.4, -0.2) is 83.3 Å². The van der Waals surface area contributed by atoms with E-state index in [-0.39, 0.29) is 16.4 Å². The minimum atomic E-state index is -4.83. The molecule has 14 nitrogen and oxygen atoms in total. The van der Waals surface area contributed by atoms with Gasteiger partial charge < -0.3 is 39.1 Å². The predicted octanol–water partition coefficient (Wildman–Crippen LogP) is 0.369. The molecule has 0 bridgehead atoms. The smallest absolute Gasteiger partial charge is 0.340 e. The Morgan fingerprint density at radius 3 is 2.54 bits per heavy atom. The molecule has 5 N–H and O–H groups in total. The van der Waals surface area contributed by atoms with Gasteiger partial charge in [-0.2, -0.15) is 5.26 Å². The number of aliphatic hydroxyl groups is 2. The molecule has 0 spiro atoms. The standard InChI is InChI=1S/C18H22ClN5O9P2/c19-16-10(2-20)13(23-3-8-1-9(8)4-23)12-17(22-16)24(6-21-12)18-15(26)14(25)11(33-18)5-32-35(30,31)7-34(27,28)29/h6,8-9,11,14-15,18,25-26H,1,3-5,7H2,(H,30,31)(H2,27,28,29)/t8?,9?,11-,14-,15-,18-/m1/s1. The normalized spacial score (nSPS) is 32.0. The van der Waals surface area contributed by atoms with Gasteiger partial charge in [0.25, 0.3) is 0 Å². The van der Waals surface area contributed by atoms with Gasteiger partial charge in [0.05, 0.1) is 18.6 Å². The number of aromatic nitrogens is 3. The van der Waals surface area contributed by atoms with E-state index in [4.69, 9.17) is 30.6 Å². The highest BCUT2D eigenvalue weighted by molar-refractivity contribution is 7.70. The number of nitriles is 1. The van der Waals surface area contributed by atoms with E-state index in [2.05, 4.69) is 16.0 Å². The Bertz CT molecular complexity index is 1300. The molecule has 2 aromatic rings. The van der Waals surface area contributed by atoms with Crippen LogP contribution in [0.4, 0.5) is 5.69 Å². The second-order valence-corrected chi connectivity index (χ2v) is 13.4. The van der Waals surface area contributed by atoms with Crippen LogP contribution in [0.3, 0.4) is 0 Å². The highest BCUT2D eigenvalue weighted by atomic mass is 35.5. The monoisotopic (exact) mass is 549 g/mol. The zero-order chi connectivity index (χ0) is 25.3. The Labute approximate surface area is 203 Å². The van der Waals surface area contributed by atoms with Gasteiger partial charge in [0.2, 0.25) is 0 Å². The van der Waals surface area contributed by atoms with Gasteiger partial charge in [0.1, 0.15) is 35.5 Å². The first-order valence-corrected chi connectivity index (χ1v) is 14.6. The molecule has 3 unspecified atom stereocenters. The fraction of sp³-hybridized carbons (Fsp3) is 0.611. The molecule has 4 heterocycles. The lowest BCUT2D eigenvalue weighted by Gasteiger charge is -2.22. The van der Waals surface area contributed by atoms with Crippen molar-refractivity contribution in [2.45, 2.75) is 31.0 Å². The molecule has 1 saturated carbocycles. The molecular weight excluding hydrogens is 528 g/mol. The molecule has 35 heavy (non-hydrogen) atoms. The number of halogens is 1. The van der Waals surface area contributed by atoms with Crippen LogP contribution < -0.4 is 4.90 Å². The van der Waals surface area contributed by atoms with Crippen LogP contribution in [-0.2, 0) is 18.4 Å². The van der Waals surface area contributed by atoms with Crippen LogP contribution in [0.5, 0.6) is 0 Å². The lowest BCUT2D eigenvalue weighted by atomic mass is 10.1. The van der Waals surface area contributed by atoms with Crippen molar-refractivity contribution in [3.63, 3.8) is 0 Å². The number of nitrogens with zero attached hydrogens (tertiary/aromatic N) is 5. The van der Waals surface area contributed by atoms with Crippen LogP contribution in [0, 0.1) is 23.2 Å². The van der Waals surface area contributed by atoms with E-state index in [1.807, 2.05) is 4.90 Å². The van der Waals surface area contributed by atoms with Crippen molar-refractivity contribution in [3.05, 3.63) is 17.0 Å². The third-order valence-corrected chi connectivity index (χ3v) is 10.2. The van der Waals surface area contributed by atoms with Crippen LogP contribution >= 0.6 is 26.8 Å². The molecule has 0 amide bonds. The molecule has 2 aromatic heterocycles.